The van der Waals surface area contributed by atoms with Gasteiger partial charge < -0.3 is 5.32 Å². The zero-order chi connectivity index (χ0) is 14.6. The minimum atomic E-state index is -3.38. The largest absolute Gasteiger partial charge is 0.316 e. The lowest BCUT2D eigenvalue weighted by molar-refractivity contribution is 0.421. The van der Waals surface area contributed by atoms with Crippen molar-refractivity contribution in [2.75, 3.05) is 21.1 Å². The second kappa shape index (κ2) is 6.50. The molecule has 0 amide bonds. The van der Waals surface area contributed by atoms with Gasteiger partial charge in [0, 0.05) is 20.1 Å². The zero-order valence-electron chi connectivity index (χ0n) is 12.3. The number of nitrogens with zero attached hydrogens (tertiary/aromatic N) is 1. The van der Waals surface area contributed by atoms with E-state index in [1.807, 2.05) is 19.2 Å². The van der Waals surface area contributed by atoms with Gasteiger partial charge in [-0.15, -0.1) is 0 Å². The van der Waals surface area contributed by atoms with Crippen LogP contribution < -0.4 is 5.32 Å². The summed E-state index contributed by atoms with van der Waals surface area (Å²) in [7, 11) is 1.65. The average Bonchev–Trinajstić information content (AvgIpc) is 2.35. The van der Waals surface area contributed by atoms with Gasteiger partial charge in [0.15, 0.2) is 0 Å². The molecule has 1 N–H and O–H groups in total. The summed E-state index contributed by atoms with van der Waals surface area (Å²) in [5.74, 6) is 0.445. The van der Waals surface area contributed by atoms with E-state index in [9.17, 15) is 8.42 Å². The highest BCUT2D eigenvalue weighted by Gasteiger charge is 2.22. The number of sulfonamides is 1. The molecule has 0 saturated heterocycles. The molecule has 0 saturated carbocycles. The van der Waals surface area contributed by atoms with Crippen molar-refractivity contribution in [2.24, 2.45) is 5.92 Å². The van der Waals surface area contributed by atoms with Crippen molar-refractivity contribution in [1.82, 2.24) is 9.62 Å². The van der Waals surface area contributed by atoms with Crippen LogP contribution in [0.15, 0.2) is 29.2 Å². The number of nitrogens with one attached hydrogen (secondary N) is 1. The Kier molecular flexibility index (Phi) is 5.52. The van der Waals surface area contributed by atoms with Crippen LogP contribution in [0.5, 0.6) is 0 Å². The zero-order valence-corrected chi connectivity index (χ0v) is 13.2. The summed E-state index contributed by atoms with van der Waals surface area (Å²) in [6.07, 6.45) is 0.706. The van der Waals surface area contributed by atoms with E-state index < -0.39 is 10.0 Å². The van der Waals surface area contributed by atoms with Gasteiger partial charge in [-0.05, 0) is 31.0 Å². The summed E-state index contributed by atoms with van der Waals surface area (Å²) in [4.78, 5) is 0.404. The molecular weight excluding hydrogens is 260 g/mol. The lowest BCUT2D eigenvalue weighted by Crippen LogP contribution is -2.33. The molecule has 0 aliphatic carbocycles. The van der Waals surface area contributed by atoms with Gasteiger partial charge in [0.25, 0.3) is 0 Å². The van der Waals surface area contributed by atoms with E-state index in [0.717, 1.165) is 5.56 Å². The lowest BCUT2D eigenvalue weighted by atomic mass is 9.97. The molecule has 1 atom stereocenters. The molecular formula is C14H24N2O2S. The van der Waals surface area contributed by atoms with Crippen LogP contribution in [0.2, 0.25) is 0 Å². The van der Waals surface area contributed by atoms with Crippen LogP contribution in [0.4, 0.5) is 0 Å². The second-order valence-electron chi connectivity index (χ2n) is 5.24. The highest BCUT2D eigenvalue weighted by Crippen LogP contribution is 2.21. The molecule has 0 heterocycles. The predicted molar refractivity (Wildman–Crippen MR) is 78.7 cm³/mol. The van der Waals surface area contributed by atoms with Crippen molar-refractivity contribution in [3.63, 3.8) is 0 Å². The van der Waals surface area contributed by atoms with Crippen LogP contribution in [0.1, 0.15) is 19.4 Å². The van der Waals surface area contributed by atoms with Gasteiger partial charge in [0.05, 0.1) is 4.90 Å². The molecule has 0 fully saturated rings. The fraction of sp³-hybridized carbons (Fsp3) is 0.571. The van der Waals surface area contributed by atoms with E-state index >= 15 is 0 Å². The molecule has 0 bridgehead atoms. The third kappa shape index (κ3) is 3.78. The van der Waals surface area contributed by atoms with Crippen LogP contribution in [-0.2, 0) is 16.4 Å². The summed E-state index contributed by atoms with van der Waals surface area (Å²) in [5.41, 5.74) is 0.865. The Morgan fingerprint density at radius 1 is 1.21 bits per heavy atom. The van der Waals surface area contributed by atoms with E-state index in [-0.39, 0.29) is 6.04 Å². The summed E-state index contributed by atoms with van der Waals surface area (Å²) in [5, 5.41) is 3.25. The van der Waals surface area contributed by atoms with E-state index in [1.54, 1.807) is 26.2 Å². The van der Waals surface area contributed by atoms with Gasteiger partial charge in [-0.1, -0.05) is 32.0 Å². The molecule has 4 nitrogen and oxygen atoms in total. The molecule has 5 heteroatoms. The molecule has 1 aromatic rings. The van der Waals surface area contributed by atoms with E-state index in [2.05, 4.69) is 19.2 Å². The van der Waals surface area contributed by atoms with Crippen molar-refractivity contribution in [3.8, 4) is 0 Å². The number of hydrogen-bond donors (Lipinski definition) is 1. The first-order chi connectivity index (χ1) is 8.80. The summed E-state index contributed by atoms with van der Waals surface area (Å²) < 4.78 is 25.9. The van der Waals surface area contributed by atoms with Gasteiger partial charge >= 0.3 is 0 Å². The van der Waals surface area contributed by atoms with E-state index in [0.29, 0.717) is 17.2 Å². The Hall–Kier alpha value is -0.910. The molecule has 1 rings (SSSR count). The third-order valence-electron chi connectivity index (χ3n) is 3.35. The number of rotatable bonds is 6. The number of benzene rings is 1. The fourth-order valence-electron chi connectivity index (χ4n) is 2.03. The highest BCUT2D eigenvalue weighted by molar-refractivity contribution is 7.89. The van der Waals surface area contributed by atoms with Crippen LogP contribution in [0, 0.1) is 5.92 Å². The maximum atomic E-state index is 12.3. The first-order valence-electron chi connectivity index (χ1n) is 6.48. The highest BCUT2D eigenvalue weighted by atomic mass is 32.2. The summed E-state index contributed by atoms with van der Waals surface area (Å²) >= 11 is 0. The van der Waals surface area contributed by atoms with Crippen LogP contribution in [0.3, 0.4) is 0 Å². The van der Waals surface area contributed by atoms with E-state index in [1.165, 1.54) is 4.31 Å². The van der Waals surface area contributed by atoms with Gasteiger partial charge in [-0.2, -0.15) is 0 Å². The molecule has 108 valence electrons. The normalized spacial score (nSPS) is 14.1. The summed E-state index contributed by atoms with van der Waals surface area (Å²) in [6.45, 7) is 4.26. The molecule has 0 spiro atoms. The average molecular weight is 284 g/mol. The maximum Gasteiger partial charge on any atom is 0.242 e. The number of likely N-dealkylation sites (N-methyl/N-ethyl adjacent to an activating group) is 1. The quantitative estimate of drug-likeness (QED) is 0.865. The Morgan fingerprint density at radius 3 is 2.26 bits per heavy atom. The maximum absolute atomic E-state index is 12.3. The van der Waals surface area contributed by atoms with Gasteiger partial charge in [0.2, 0.25) is 10.0 Å². The Labute approximate surface area is 116 Å². The molecule has 0 aliphatic rings. The SMILES string of the molecule is CNC(Cc1ccccc1S(=O)(=O)N(C)C)C(C)C. The van der Waals surface area contributed by atoms with Crippen LogP contribution in [-0.4, -0.2) is 39.9 Å². The molecule has 1 unspecified atom stereocenters. The second-order valence-corrected chi connectivity index (χ2v) is 7.36. The minimum Gasteiger partial charge on any atom is -0.316 e. The van der Waals surface area contributed by atoms with Crippen molar-refractivity contribution >= 4 is 10.0 Å². The van der Waals surface area contributed by atoms with E-state index in [4.69, 9.17) is 0 Å². The van der Waals surface area contributed by atoms with Crippen LogP contribution in [0.25, 0.3) is 0 Å². The minimum absolute atomic E-state index is 0.263. The summed E-state index contributed by atoms with van der Waals surface area (Å²) in [6, 6.07) is 7.49. The monoisotopic (exact) mass is 284 g/mol. The fourth-order valence-corrected chi connectivity index (χ4v) is 3.16. The van der Waals surface area contributed by atoms with Crippen LogP contribution >= 0.6 is 0 Å². The van der Waals surface area contributed by atoms with Crippen molar-refractivity contribution in [2.45, 2.75) is 31.2 Å². The predicted octanol–water partition coefficient (Wildman–Crippen LogP) is 1.72. The van der Waals surface area contributed by atoms with Gasteiger partial charge in [-0.25, -0.2) is 12.7 Å². The smallest absolute Gasteiger partial charge is 0.242 e. The molecule has 0 aliphatic heterocycles. The Balaban J connectivity index is 3.17. The molecule has 0 radical (unpaired) electrons. The van der Waals surface area contributed by atoms with Gasteiger partial charge in [0.1, 0.15) is 0 Å². The Bertz CT molecular complexity index is 510. The molecule has 0 aromatic heterocycles. The van der Waals surface area contributed by atoms with Crippen molar-refractivity contribution < 1.29 is 8.42 Å². The van der Waals surface area contributed by atoms with Crippen molar-refractivity contribution in [1.29, 1.82) is 0 Å². The topological polar surface area (TPSA) is 49.4 Å². The van der Waals surface area contributed by atoms with Gasteiger partial charge in [-0.3, -0.25) is 0 Å². The Morgan fingerprint density at radius 2 is 1.79 bits per heavy atom. The number of hydrogen-bond acceptors (Lipinski definition) is 3. The first kappa shape index (κ1) is 16.1. The standard InChI is InChI=1S/C14H24N2O2S/c1-11(2)13(15-3)10-12-8-6-7-9-14(12)19(17,18)16(4)5/h6-9,11,13,15H,10H2,1-5H3. The first-order valence-corrected chi connectivity index (χ1v) is 7.92. The lowest BCUT2D eigenvalue weighted by Gasteiger charge is -2.22. The molecule has 1 aromatic carbocycles. The van der Waals surface area contributed by atoms with Crippen molar-refractivity contribution in [3.05, 3.63) is 29.8 Å². The third-order valence-corrected chi connectivity index (χ3v) is 5.26. The molecule has 19 heavy (non-hydrogen) atoms.